The third kappa shape index (κ3) is 2.69. The molecule has 2 rings (SSSR count). The Morgan fingerprint density at radius 3 is 2.58 bits per heavy atom. The molecule has 0 saturated carbocycles. The number of aryl methyl sites for hydroxylation is 2. The van der Waals surface area contributed by atoms with E-state index in [0.717, 1.165) is 12.1 Å². The summed E-state index contributed by atoms with van der Waals surface area (Å²) in [6.45, 7) is 2.96. The smallest absolute Gasteiger partial charge is 0.259 e. The Morgan fingerprint density at radius 2 is 2.00 bits per heavy atom. The lowest BCUT2D eigenvalue weighted by atomic mass is 10.2. The molecule has 0 radical (unpaired) electrons. The van der Waals surface area contributed by atoms with Gasteiger partial charge in [0.1, 0.15) is 16.4 Å². The van der Waals surface area contributed by atoms with Gasteiger partial charge in [0.05, 0.1) is 5.02 Å². The average molecular weight is 306 g/mol. The Bertz CT molecular complexity index is 730. The minimum Gasteiger partial charge on any atom is -0.259 e. The second-order valence-electron chi connectivity index (χ2n) is 3.84. The molecule has 0 atom stereocenters. The van der Waals surface area contributed by atoms with Gasteiger partial charge < -0.3 is 0 Å². The molecule has 0 aliphatic rings. The van der Waals surface area contributed by atoms with Crippen molar-refractivity contribution in [1.29, 1.82) is 0 Å². The Labute approximate surface area is 113 Å². The number of nitrogens with one attached hydrogen (secondary N) is 1. The number of hydrogen-bond acceptors (Lipinski definition) is 5. The van der Waals surface area contributed by atoms with E-state index in [1.807, 2.05) is 0 Å². The fourth-order valence-electron chi connectivity index (χ4n) is 1.34. The number of rotatable bonds is 3. The molecule has 0 aliphatic carbocycles. The van der Waals surface area contributed by atoms with Crippen LogP contribution in [-0.2, 0) is 10.0 Å². The molecule has 19 heavy (non-hydrogen) atoms. The summed E-state index contributed by atoms with van der Waals surface area (Å²) in [5, 5.41) is 6.63. The topological polar surface area (TPSA) is 85.1 Å². The van der Waals surface area contributed by atoms with Crippen molar-refractivity contribution in [3.63, 3.8) is 0 Å². The second kappa shape index (κ2) is 4.78. The number of nitrogens with zero attached hydrogens (tertiary/aromatic N) is 2. The fraction of sp³-hybridized carbons (Fsp3) is 0.200. The Kier molecular flexibility index (Phi) is 3.46. The van der Waals surface area contributed by atoms with Crippen LogP contribution in [0.2, 0.25) is 5.02 Å². The normalized spacial score (nSPS) is 11.6. The summed E-state index contributed by atoms with van der Waals surface area (Å²) in [5.74, 6) is -0.624. The molecule has 0 saturated heterocycles. The molecule has 6 nitrogen and oxygen atoms in total. The van der Waals surface area contributed by atoms with E-state index in [1.54, 1.807) is 0 Å². The lowest BCUT2D eigenvalue weighted by Crippen LogP contribution is -2.15. The zero-order valence-electron chi connectivity index (χ0n) is 9.94. The van der Waals surface area contributed by atoms with E-state index in [0.29, 0.717) is 0 Å². The number of anilines is 1. The molecule has 1 aromatic carbocycles. The van der Waals surface area contributed by atoms with Crippen LogP contribution in [-0.4, -0.2) is 18.7 Å². The van der Waals surface area contributed by atoms with Gasteiger partial charge in [-0.05, 0) is 36.7 Å². The molecule has 102 valence electrons. The summed E-state index contributed by atoms with van der Waals surface area (Å²) in [7, 11) is -3.99. The number of halogens is 2. The van der Waals surface area contributed by atoms with E-state index < -0.39 is 15.8 Å². The molecular weight excluding hydrogens is 297 g/mol. The van der Waals surface area contributed by atoms with Gasteiger partial charge in [0.25, 0.3) is 10.0 Å². The lowest BCUT2D eigenvalue weighted by Gasteiger charge is -2.08. The van der Waals surface area contributed by atoms with Crippen LogP contribution >= 0.6 is 11.6 Å². The Balaban J connectivity index is 2.46. The molecule has 1 aromatic heterocycles. The van der Waals surface area contributed by atoms with Gasteiger partial charge in [-0.2, -0.15) is 0 Å². The van der Waals surface area contributed by atoms with Crippen molar-refractivity contribution in [2.75, 3.05) is 4.72 Å². The SMILES string of the molecule is Cc1cc(S(=O)(=O)Nc2nonc2C)c(Cl)cc1F. The minimum atomic E-state index is -3.99. The van der Waals surface area contributed by atoms with E-state index in [4.69, 9.17) is 11.6 Å². The number of sulfonamides is 1. The first-order valence-corrected chi connectivity index (χ1v) is 6.95. The van der Waals surface area contributed by atoms with Crippen LogP contribution in [0, 0.1) is 19.7 Å². The molecule has 0 amide bonds. The summed E-state index contributed by atoms with van der Waals surface area (Å²) in [5.41, 5.74) is 0.443. The van der Waals surface area contributed by atoms with Crippen molar-refractivity contribution in [1.82, 2.24) is 10.3 Å². The van der Waals surface area contributed by atoms with E-state index in [2.05, 4.69) is 19.7 Å². The summed E-state index contributed by atoms with van der Waals surface area (Å²) >= 11 is 5.75. The van der Waals surface area contributed by atoms with Crippen LogP contribution in [0.3, 0.4) is 0 Å². The summed E-state index contributed by atoms with van der Waals surface area (Å²) in [6, 6.07) is 2.09. The highest BCUT2D eigenvalue weighted by molar-refractivity contribution is 7.92. The first kappa shape index (κ1) is 13.8. The first-order chi connectivity index (χ1) is 8.81. The maximum Gasteiger partial charge on any atom is 0.264 e. The van der Waals surface area contributed by atoms with Crippen molar-refractivity contribution >= 4 is 27.4 Å². The van der Waals surface area contributed by atoms with Gasteiger partial charge in [0, 0.05) is 0 Å². The zero-order valence-corrected chi connectivity index (χ0v) is 11.5. The Hall–Kier alpha value is -1.67. The zero-order chi connectivity index (χ0) is 14.2. The molecular formula is C10H9ClFN3O3S. The minimum absolute atomic E-state index is 0.0435. The maximum absolute atomic E-state index is 13.3. The first-order valence-electron chi connectivity index (χ1n) is 5.09. The van der Waals surface area contributed by atoms with Crippen molar-refractivity contribution in [3.05, 3.63) is 34.2 Å². The van der Waals surface area contributed by atoms with Crippen LogP contribution in [0.4, 0.5) is 10.2 Å². The van der Waals surface area contributed by atoms with Crippen LogP contribution in [0.25, 0.3) is 0 Å². The van der Waals surface area contributed by atoms with Gasteiger partial charge in [-0.25, -0.2) is 17.4 Å². The number of aromatic nitrogens is 2. The molecule has 0 spiro atoms. The van der Waals surface area contributed by atoms with E-state index >= 15 is 0 Å². The summed E-state index contributed by atoms with van der Waals surface area (Å²) in [6.07, 6.45) is 0. The highest BCUT2D eigenvalue weighted by Crippen LogP contribution is 2.26. The van der Waals surface area contributed by atoms with Crippen molar-refractivity contribution in [2.45, 2.75) is 18.7 Å². The highest BCUT2D eigenvalue weighted by Gasteiger charge is 2.22. The quantitative estimate of drug-likeness (QED) is 0.940. The number of hydrogen-bond donors (Lipinski definition) is 1. The molecule has 0 fully saturated rings. The Morgan fingerprint density at radius 1 is 1.32 bits per heavy atom. The molecule has 9 heteroatoms. The van der Waals surface area contributed by atoms with E-state index in [-0.39, 0.29) is 27.0 Å². The van der Waals surface area contributed by atoms with E-state index in [1.165, 1.54) is 13.8 Å². The van der Waals surface area contributed by atoms with Gasteiger partial charge >= 0.3 is 0 Å². The van der Waals surface area contributed by atoms with E-state index in [9.17, 15) is 12.8 Å². The molecule has 0 unspecified atom stereocenters. The lowest BCUT2D eigenvalue weighted by molar-refractivity contribution is 0.306. The molecule has 2 aromatic rings. The van der Waals surface area contributed by atoms with Crippen molar-refractivity contribution in [3.8, 4) is 0 Å². The summed E-state index contributed by atoms with van der Waals surface area (Å²) in [4.78, 5) is -0.240. The third-order valence-electron chi connectivity index (χ3n) is 2.39. The van der Waals surface area contributed by atoms with Gasteiger partial charge in [-0.3, -0.25) is 4.72 Å². The van der Waals surface area contributed by atoms with Gasteiger partial charge in [0.2, 0.25) is 5.82 Å². The van der Waals surface area contributed by atoms with Crippen LogP contribution in [0.1, 0.15) is 11.3 Å². The highest BCUT2D eigenvalue weighted by atomic mass is 35.5. The standard InChI is InChI=1S/C10H9ClFN3O3S/c1-5-3-9(7(11)4-8(5)12)19(16,17)15-10-6(2)13-18-14-10/h3-4H,1-2H3,(H,14,15). The summed E-state index contributed by atoms with van der Waals surface area (Å²) < 4.78 is 44.0. The van der Waals surface area contributed by atoms with Crippen LogP contribution < -0.4 is 4.72 Å². The van der Waals surface area contributed by atoms with Crippen LogP contribution in [0.15, 0.2) is 21.7 Å². The van der Waals surface area contributed by atoms with Crippen molar-refractivity contribution < 1.29 is 17.4 Å². The number of benzene rings is 1. The fourth-order valence-corrected chi connectivity index (χ4v) is 3.00. The molecule has 1 N–H and O–H groups in total. The molecule has 1 heterocycles. The van der Waals surface area contributed by atoms with Crippen molar-refractivity contribution in [2.24, 2.45) is 0 Å². The predicted octanol–water partition coefficient (Wildman–Crippen LogP) is 2.28. The molecule has 0 bridgehead atoms. The third-order valence-corrected chi connectivity index (χ3v) is 4.19. The molecule has 0 aliphatic heterocycles. The monoisotopic (exact) mass is 305 g/mol. The van der Waals surface area contributed by atoms with Gasteiger partial charge in [-0.15, -0.1) is 0 Å². The predicted molar refractivity (Wildman–Crippen MR) is 66.0 cm³/mol. The average Bonchev–Trinajstić information content (AvgIpc) is 2.69. The second-order valence-corrected chi connectivity index (χ2v) is 5.89. The maximum atomic E-state index is 13.3. The van der Waals surface area contributed by atoms with Gasteiger partial charge in [0.15, 0.2) is 0 Å². The van der Waals surface area contributed by atoms with Crippen LogP contribution in [0.5, 0.6) is 0 Å². The van der Waals surface area contributed by atoms with Gasteiger partial charge in [-0.1, -0.05) is 16.8 Å². The largest absolute Gasteiger partial charge is 0.264 e.